The zero-order valence-electron chi connectivity index (χ0n) is 16.5. The second-order valence-electron chi connectivity index (χ2n) is 7.09. The predicted molar refractivity (Wildman–Crippen MR) is 78.1 cm³/mol. The third kappa shape index (κ3) is 4.85. The minimum Gasteiger partial charge on any atom is -0.385 e. The number of aliphatic hydroxyl groups is 1. The Morgan fingerprint density at radius 2 is 0.912 bits per heavy atom. The summed E-state index contributed by atoms with van der Waals surface area (Å²) in [5, 5.41) is 10.8. The third-order valence-corrected chi connectivity index (χ3v) is 4.24. The molecule has 2 N–H and O–H groups in total. The van der Waals surface area contributed by atoms with Crippen molar-refractivity contribution in [1.82, 2.24) is 10.2 Å². The molecule has 0 aliphatic heterocycles. The fraction of sp³-hybridized carbons (Fsp3) is 1.00. The average molecular weight is 550 g/mol. The molecule has 0 heterocycles. The van der Waals surface area contributed by atoms with E-state index in [1.165, 1.54) is 19.0 Å². The molecule has 0 aliphatic rings. The van der Waals surface area contributed by atoms with Gasteiger partial charge in [-0.15, -0.1) is 0 Å². The first kappa shape index (κ1) is 32.7. The van der Waals surface area contributed by atoms with Crippen LogP contribution in [0.2, 0.25) is 0 Å². The van der Waals surface area contributed by atoms with Crippen molar-refractivity contribution in [2.45, 2.75) is 53.7 Å². The zero-order valence-corrected chi connectivity index (χ0v) is 16.5. The lowest BCUT2D eigenvalue weighted by molar-refractivity contribution is -0.464. The van der Waals surface area contributed by atoms with Crippen LogP contribution in [0.15, 0.2) is 0 Å². The number of hydrogen-bond donors (Lipinski definition) is 2. The van der Waals surface area contributed by atoms with Crippen LogP contribution in [0.25, 0.3) is 0 Å². The lowest BCUT2D eigenvalue weighted by Crippen LogP contribution is -2.75. The number of alkyl halides is 17. The van der Waals surface area contributed by atoms with Gasteiger partial charge in [0, 0.05) is 19.6 Å². The monoisotopic (exact) mass is 550 g/mol. The summed E-state index contributed by atoms with van der Waals surface area (Å²) in [7, 11) is 2.75. The van der Waals surface area contributed by atoms with E-state index in [0.717, 1.165) is 0 Å². The van der Waals surface area contributed by atoms with E-state index >= 15 is 0 Å². The summed E-state index contributed by atoms with van der Waals surface area (Å²) in [6.07, 6.45) is -11.9. The smallest absolute Gasteiger partial charge is 0.385 e. The van der Waals surface area contributed by atoms with Crippen molar-refractivity contribution in [1.29, 1.82) is 0 Å². The summed E-state index contributed by atoms with van der Waals surface area (Å²) in [6, 6.07) is 0. The van der Waals surface area contributed by atoms with Gasteiger partial charge in [0.25, 0.3) is 0 Å². The van der Waals surface area contributed by atoms with Gasteiger partial charge >= 0.3 is 47.6 Å². The van der Waals surface area contributed by atoms with Gasteiger partial charge in [-0.2, -0.15) is 74.6 Å². The summed E-state index contributed by atoms with van der Waals surface area (Å²) in [5.41, 5.74) is 0. The van der Waals surface area contributed by atoms with Crippen molar-refractivity contribution >= 4 is 0 Å². The van der Waals surface area contributed by atoms with Gasteiger partial charge in [0.05, 0.1) is 0 Å². The van der Waals surface area contributed by atoms with E-state index in [9.17, 15) is 74.6 Å². The molecule has 1 unspecified atom stereocenters. The molecule has 206 valence electrons. The molecule has 0 saturated heterocycles. The van der Waals surface area contributed by atoms with Crippen LogP contribution in [0, 0.1) is 0 Å². The lowest BCUT2D eigenvalue weighted by atomic mass is 9.87. The second kappa shape index (κ2) is 9.29. The summed E-state index contributed by atoms with van der Waals surface area (Å²) in [6.45, 7) is -2.30. The Morgan fingerprint density at radius 1 is 0.588 bits per heavy atom. The fourth-order valence-corrected chi connectivity index (χ4v) is 2.05. The molecule has 0 bridgehead atoms. The van der Waals surface area contributed by atoms with Crippen molar-refractivity contribution in [3.63, 3.8) is 0 Å². The van der Waals surface area contributed by atoms with Gasteiger partial charge < -0.3 is 15.3 Å². The Hall–Kier alpha value is -1.31. The number of likely N-dealkylation sites (N-methyl/N-ethyl adjacent to an activating group) is 1. The first-order chi connectivity index (χ1) is 14.6. The minimum absolute atomic E-state index is 0.0718. The highest BCUT2D eigenvalue weighted by Crippen LogP contribution is 2.64. The van der Waals surface area contributed by atoms with E-state index in [1.54, 1.807) is 5.32 Å². The van der Waals surface area contributed by atoms with Crippen molar-refractivity contribution in [3.05, 3.63) is 0 Å². The van der Waals surface area contributed by atoms with Crippen molar-refractivity contribution in [2.75, 3.05) is 33.7 Å². The van der Waals surface area contributed by atoms with Gasteiger partial charge in [0.1, 0.15) is 6.10 Å². The molecule has 0 rings (SSSR count). The first-order valence-electron chi connectivity index (χ1n) is 8.34. The van der Waals surface area contributed by atoms with Crippen LogP contribution < -0.4 is 5.32 Å². The van der Waals surface area contributed by atoms with Crippen LogP contribution in [0.1, 0.15) is 0 Å². The van der Waals surface area contributed by atoms with Crippen LogP contribution in [0.3, 0.4) is 0 Å². The summed E-state index contributed by atoms with van der Waals surface area (Å²) >= 11 is 0. The Balaban J connectivity index is 6.34. The quantitative estimate of drug-likeness (QED) is 0.278. The number of nitrogens with one attached hydrogen (secondary N) is 1. The van der Waals surface area contributed by atoms with E-state index in [2.05, 4.69) is 0 Å². The number of aliphatic hydroxyl groups excluding tert-OH is 1. The highest BCUT2D eigenvalue weighted by Gasteiger charge is 2.95. The molecule has 34 heavy (non-hydrogen) atoms. The van der Waals surface area contributed by atoms with Crippen LogP contribution in [0.5, 0.6) is 0 Å². The average Bonchev–Trinajstić information content (AvgIpc) is 2.62. The number of halogens is 17. The SMILES string of the molecule is CN(C)CCNCC(O)C(F)(F)C(F)(F)C(F)(F)C(F)(F)C(F)(F)C(F)(F)C(F)(F)C(F)(F)F. The molecular weight excluding hydrogens is 535 g/mol. The Kier molecular flexibility index (Phi) is 8.93. The number of hydrogen-bond acceptors (Lipinski definition) is 3. The molecule has 0 aromatic carbocycles. The minimum atomic E-state index is -8.68. The maximum Gasteiger partial charge on any atom is 0.460 e. The van der Waals surface area contributed by atoms with Gasteiger partial charge in [-0.1, -0.05) is 0 Å². The van der Waals surface area contributed by atoms with Crippen LogP contribution in [-0.2, 0) is 0 Å². The van der Waals surface area contributed by atoms with Gasteiger partial charge in [-0.25, -0.2) is 0 Å². The molecule has 0 spiro atoms. The molecular formula is C14H15F17N2O. The molecule has 0 radical (unpaired) electrons. The summed E-state index contributed by atoms with van der Waals surface area (Å²) in [5.74, 6) is -57.2. The van der Waals surface area contributed by atoms with Crippen LogP contribution in [-0.4, -0.2) is 97.5 Å². The van der Waals surface area contributed by atoms with E-state index in [4.69, 9.17) is 5.11 Å². The van der Waals surface area contributed by atoms with E-state index in [0.29, 0.717) is 0 Å². The van der Waals surface area contributed by atoms with Gasteiger partial charge in [0.2, 0.25) is 0 Å². The molecule has 0 saturated carbocycles. The molecule has 0 aromatic rings. The van der Waals surface area contributed by atoms with Crippen molar-refractivity contribution < 1.29 is 79.7 Å². The lowest BCUT2D eigenvalue weighted by Gasteiger charge is -2.43. The van der Waals surface area contributed by atoms with Crippen molar-refractivity contribution in [3.8, 4) is 0 Å². The Bertz CT molecular complexity index is 688. The highest BCUT2D eigenvalue weighted by molar-refractivity contribution is 5.15. The van der Waals surface area contributed by atoms with E-state index < -0.39 is 66.8 Å². The third-order valence-electron chi connectivity index (χ3n) is 4.24. The Morgan fingerprint density at radius 3 is 1.24 bits per heavy atom. The molecule has 0 amide bonds. The first-order valence-corrected chi connectivity index (χ1v) is 8.34. The van der Waals surface area contributed by atoms with Gasteiger partial charge in [-0.05, 0) is 14.1 Å². The molecule has 3 nitrogen and oxygen atoms in total. The molecule has 0 aromatic heterocycles. The molecule has 0 fully saturated rings. The highest BCUT2D eigenvalue weighted by atomic mass is 19.4. The fourth-order valence-electron chi connectivity index (χ4n) is 2.05. The van der Waals surface area contributed by atoms with E-state index in [1.807, 2.05) is 0 Å². The maximum absolute atomic E-state index is 13.7. The topological polar surface area (TPSA) is 35.5 Å². The normalized spacial score (nSPS) is 16.9. The Labute approximate surface area is 178 Å². The zero-order chi connectivity index (χ0) is 28.0. The van der Waals surface area contributed by atoms with Crippen LogP contribution in [0.4, 0.5) is 74.6 Å². The summed E-state index contributed by atoms with van der Waals surface area (Å²) < 4.78 is 223. The van der Waals surface area contributed by atoms with E-state index in [-0.39, 0.29) is 6.54 Å². The van der Waals surface area contributed by atoms with Gasteiger partial charge in [0.15, 0.2) is 0 Å². The molecule has 1 atom stereocenters. The number of nitrogens with zero attached hydrogens (tertiary/aromatic N) is 1. The van der Waals surface area contributed by atoms with Crippen molar-refractivity contribution in [2.24, 2.45) is 0 Å². The van der Waals surface area contributed by atoms with Crippen LogP contribution >= 0.6 is 0 Å². The standard InChI is InChI=1S/C14H15F17N2O/c1-33(2)4-3-32-5-6(34)7(15,16)8(17,18)9(19,20)10(21,22)11(23,24)12(25,26)13(27,28)14(29,30)31/h6,32,34H,3-5H2,1-2H3. The maximum atomic E-state index is 13.7. The summed E-state index contributed by atoms with van der Waals surface area (Å²) in [4.78, 5) is 1.32. The predicted octanol–water partition coefficient (Wildman–Crippen LogP) is 4.51. The molecule has 20 heteroatoms. The second-order valence-corrected chi connectivity index (χ2v) is 7.09. The number of rotatable bonds is 12. The van der Waals surface area contributed by atoms with Gasteiger partial charge in [-0.3, -0.25) is 0 Å². The largest absolute Gasteiger partial charge is 0.460 e. The molecule has 0 aliphatic carbocycles.